The highest BCUT2D eigenvalue weighted by molar-refractivity contribution is 5.43. The van der Waals surface area contributed by atoms with Gasteiger partial charge in [0.15, 0.2) is 0 Å². The molecule has 2 N–H and O–H groups in total. The predicted molar refractivity (Wildman–Crippen MR) is 68.0 cm³/mol. The topological polar surface area (TPSA) is 87.6 Å². The molecular weight excluding hydrogens is 293 g/mol. The van der Waals surface area contributed by atoms with E-state index >= 15 is 0 Å². The molecular formula is C12H15F3N2O4. The van der Waals surface area contributed by atoms with Crippen molar-refractivity contribution in [1.82, 2.24) is 0 Å². The maximum Gasteiger partial charge on any atom is 0.411 e. The largest absolute Gasteiger partial charge is 0.493 e. The van der Waals surface area contributed by atoms with Gasteiger partial charge >= 0.3 is 6.18 Å². The number of nitrogens with zero attached hydrogens (tertiary/aromatic N) is 1. The van der Waals surface area contributed by atoms with Gasteiger partial charge in [-0.1, -0.05) is 0 Å². The molecule has 21 heavy (non-hydrogen) atoms. The van der Waals surface area contributed by atoms with Crippen LogP contribution >= 0.6 is 0 Å². The molecule has 0 radical (unpaired) electrons. The van der Waals surface area contributed by atoms with Crippen LogP contribution in [0.1, 0.15) is 12.0 Å². The first-order chi connectivity index (χ1) is 9.83. The van der Waals surface area contributed by atoms with Crippen LogP contribution in [0.3, 0.4) is 0 Å². The summed E-state index contributed by atoms with van der Waals surface area (Å²) in [5.74, 6) is 0.374. The minimum atomic E-state index is -4.34. The van der Waals surface area contributed by atoms with Crippen LogP contribution in [0.4, 0.5) is 18.9 Å². The van der Waals surface area contributed by atoms with Crippen LogP contribution in [0.2, 0.25) is 0 Å². The van der Waals surface area contributed by atoms with Gasteiger partial charge in [-0.2, -0.15) is 13.2 Å². The molecule has 0 heterocycles. The van der Waals surface area contributed by atoms with Crippen molar-refractivity contribution in [3.63, 3.8) is 0 Å². The fraction of sp³-hybridized carbons (Fsp3) is 0.500. The summed E-state index contributed by atoms with van der Waals surface area (Å²) in [5, 5.41) is 10.6. The number of benzene rings is 1. The SMILES string of the molecule is NCc1cc([N+](=O)[O-])ccc1OCCCOCC(F)(F)F. The molecule has 0 saturated carbocycles. The van der Waals surface area contributed by atoms with Gasteiger partial charge in [0, 0.05) is 30.7 Å². The Morgan fingerprint density at radius 2 is 2.00 bits per heavy atom. The lowest BCUT2D eigenvalue weighted by molar-refractivity contribution is -0.384. The Bertz CT molecular complexity index is 480. The number of hydrogen-bond acceptors (Lipinski definition) is 5. The molecule has 0 saturated heterocycles. The van der Waals surface area contributed by atoms with Crippen LogP contribution in [0, 0.1) is 10.1 Å². The summed E-state index contributed by atoms with van der Waals surface area (Å²) in [7, 11) is 0. The molecule has 0 unspecified atom stereocenters. The van der Waals surface area contributed by atoms with Gasteiger partial charge in [0.2, 0.25) is 0 Å². The minimum Gasteiger partial charge on any atom is -0.493 e. The lowest BCUT2D eigenvalue weighted by Gasteiger charge is -2.11. The van der Waals surface area contributed by atoms with Crippen molar-refractivity contribution in [1.29, 1.82) is 0 Å². The number of nitrogens with two attached hydrogens (primary N) is 1. The third kappa shape index (κ3) is 6.41. The van der Waals surface area contributed by atoms with E-state index in [0.717, 1.165) is 0 Å². The fourth-order valence-corrected chi connectivity index (χ4v) is 1.51. The van der Waals surface area contributed by atoms with Crippen molar-refractivity contribution < 1.29 is 27.6 Å². The Hall–Kier alpha value is -1.87. The number of non-ortho nitro benzene ring substituents is 1. The second-order valence-corrected chi connectivity index (χ2v) is 4.12. The van der Waals surface area contributed by atoms with Gasteiger partial charge in [-0.15, -0.1) is 0 Å². The minimum absolute atomic E-state index is 0.0571. The number of halogens is 3. The Balaban J connectivity index is 2.40. The third-order valence-corrected chi connectivity index (χ3v) is 2.43. The average Bonchev–Trinajstić information content (AvgIpc) is 2.41. The van der Waals surface area contributed by atoms with E-state index in [1.807, 2.05) is 0 Å². The Morgan fingerprint density at radius 1 is 1.29 bits per heavy atom. The third-order valence-electron chi connectivity index (χ3n) is 2.43. The Labute approximate surface area is 118 Å². The summed E-state index contributed by atoms with van der Waals surface area (Å²) in [6.07, 6.45) is -4.08. The van der Waals surface area contributed by atoms with Crippen LogP contribution in [-0.2, 0) is 11.3 Å². The summed E-state index contributed by atoms with van der Waals surface area (Å²) >= 11 is 0. The molecule has 1 aromatic rings. The number of ether oxygens (including phenoxy) is 2. The standard InChI is InChI=1S/C12H15F3N2O4/c13-12(14,15)8-20-4-1-5-21-11-3-2-10(17(18)19)6-9(11)7-16/h2-3,6H,1,4-5,7-8,16H2. The van der Waals surface area contributed by atoms with Gasteiger partial charge in [0.1, 0.15) is 12.4 Å². The lowest BCUT2D eigenvalue weighted by atomic mass is 10.2. The second kappa shape index (κ2) is 7.79. The number of alkyl halides is 3. The van der Waals surface area contributed by atoms with Crippen LogP contribution in [0.15, 0.2) is 18.2 Å². The van der Waals surface area contributed by atoms with E-state index in [0.29, 0.717) is 11.3 Å². The zero-order chi connectivity index (χ0) is 15.9. The zero-order valence-corrected chi connectivity index (χ0v) is 11.1. The summed E-state index contributed by atoms with van der Waals surface area (Å²) in [5.41, 5.74) is 5.83. The highest BCUT2D eigenvalue weighted by Gasteiger charge is 2.27. The van der Waals surface area contributed by atoms with Gasteiger partial charge in [-0.3, -0.25) is 10.1 Å². The van der Waals surface area contributed by atoms with Crippen molar-refractivity contribution in [3.8, 4) is 5.75 Å². The van der Waals surface area contributed by atoms with Crippen molar-refractivity contribution in [2.45, 2.75) is 19.1 Å². The Morgan fingerprint density at radius 3 is 2.57 bits per heavy atom. The van der Waals surface area contributed by atoms with Gasteiger partial charge in [-0.25, -0.2) is 0 Å². The lowest BCUT2D eigenvalue weighted by Crippen LogP contribution is -2.18. The first-order valence-corrected chi connectivity index (χ1v) is 6.08. The molecule has 9 heteroatoms. The summed E-state index contributed by atoms with van der Waals surface area (Å²) in [6, 6.07) is 3.99. The molecule has 118 valence electrons. The molecule has 0 aromatic heterocycles. The molecule has 1 aromatic carbocycles. The number of nitro groups is 1. The van der Waals surface area contributed by atoms with Gasteiger partial charge in [0.05, 0.1) is 18.1 Å². The molecule has 0 aliphatic heterocycles. The maximum absolute atomic E-state index is 11.8. The van der Waals surface area contributed by atoms with E-state index in [9.17, 15) is 23.3 Å². The van der Waals surface area contributed by atoms with Crippen LogP contribution in [0.25, 0.3) is 0 Å². The van der Waals surface area contributed by atoms with Crippen LogP contribution in [-0.4, -0.2) is 30.9 Å². The first-order valence-electron chi connectivity index (χ1n) is 6.08. The second-order valence-electron chi connectivity index (χ2n) is 4.12. The number of hydrogen-bond donors (Lipinski definition) is 1. The molecule has 0 atom stereocenters. The van der Waals surface area contributed by atoms with Crippen LogP contribution in [0.5, 0.6) is 5.75 Å². The van der Waals surface area contributed by atoms with Crippen molar-refractivity contribution in [2.24, 2.45) is 5.73 Å². The summed E-state index contributed by atoms with van der Waals surface area (Å²) in [6.45, 7) is -1.20. The maximum atomic E-state index is 11.8. The molecule has 0 amide bonds. The number of rotatable bonds is 8. The smallest absolute Gasteiger partial charge is 0.411 e. The van der Waals surface area contributed by atoms with E-state index in [1.54, 1.807) is 0 Å². The van der Waals surface area contributed by atoms with E-state index < -0.39 is 17.7 Å². The van der Waals surface area contributed by atoms with Gasteiger partial charge in [0.25, 0.3) is 5.69 Å². The quantitative estimate of drug-likeness (QED) is 0.452. The molecule has 0 spiro atoms. The van der Waals surface area contributed by atoms with Crippen molar-refractivity contribution in [2.75, 3.05) is 19.8 Å². The normalized spacial score (nSPS) is 11.4. The van der Waals surface area contributed by atoms with E-state index in [4.69, 9.17) is 10.5 Å². The van der Waals surface area contributed by atoms with Crippen molar-refractivity contribution >= 4 is 5.69 Å². The average molecular weight is 308 g/mol. The van der Waals surface area contributed by atoms with E-state index in [-0.39, 0.29) is 31.9 Å². The van der Waals surface area contributed by atoms with Gasteiger partial charge < -0.3 is 15.2 Å². The monoisotopic (exact) mass is 308 g/mol. The molecule has 6 nitrogen and oxygen atoms in total. The molecule has 0 aliphatic rings. The summed E-state index contributed by atoms with van der Waals surface area (Å²) < 4.78 is 45.2. The van der Waals surface area contributed by atoms with E-state index in [2.05, 4.69) is 4.74 Å². The molecule has 0 fully saturated rings. The number of nitro benzene ring substituents is 1. The molecule has 0 aliphatic carbocycles. The Kier molecular flexibility index (Phi) is 6.38. The molecule has 0 bridgehead atoms. The first kappa shape index (κ1) is 17.2. The van der Waals surface area contributed by atoms with Crippen molar-refractivity contribution in [3.05, 3.63) is 33.9 Å². The zero-order valence-electron chi connectivity index (χ0n) is 11.1. The highest BCUT2D eigenvalue weighted by atomic mass is 19.4. The molecule has 1 rings (SSSR count). The van der Waals surface area contributed by atoms with E-state index in [1.165, 1.54) is 18.2 Å². The summed E-state index contributed by atoms with van der Waals surface area (Å²) in [4.78, 5) is 10.1. The van der Waals surface area contributed by atoms with Crippen LogP contribution < -0.4 is 10.5 Å². The van der Waals surface area contributed by atoms with Gasteiger partial charge in [-0.05, 0) is 6.07 Å². The highest BCUT2D eigenvalue weighted by Crippen LogP contribution is 2.24. The predicted octanol–water partition coefficient (Wildman–Crippen LogP) is 2.40. The fourth-order valence-electron chi connectivity index (χ4n) is 1.51.